The first kappa shape index (κ1) is 24.5. The molecule has 3 unspecified atom stereocenters. The molecule has 8 N–H and O–H groups in total. The summed E-state index contributed by atoms with van der Waals surface area (Å²) in [6.07, 6.45) is 5.91. The Hall–Kier alpha value is -3.74. The summed E-state index contributed by atoms with van der Waals surface area (Å²) in [5.41, 5.74) is 6.47. The van der Waals surface area contributed by atoms with E-state index < -0.39 is 41.8 Å². The highest BCUT2D eigenvalue weighted by atomic mass is 16.4. The van der Waals surface area contributed by atoms with E-state index in [-0.39, 0.29) is 25.3 Å². The summed E-state index contributed by atoms with van der Waals surface area (Å²) in [7, 11) is 0. The molecule has 0 spiro atoms. The van der Waals surface area contributed by atoms with Gasteiger partial charge >= 0.3 is 5.97 Å². The van der Waals surface area contributed by atoms with Gasteiger partial charge in [0.2, 0.25) is 17.7 Å². The molecule has 3 atom stereocenters. The summed E-state index contributed by atoms with van der Waals surface area (Å²) in [6, 6.07) is -3.27. The summed E-state index contributed by atoms with van der Waals surface area (Å²) >= 11 is 0. The molecule has 174 valence electrons. The van der Waals surface area contributed by atoms with Crippen molar-refractivity contribution in [1.82, 2.24) is 35.9 Å². The lowest BCUT2D eigenvalue weighted by atomic mass is 10.0. The molecule has 2 rings (SSSR count). The summed E-state index contributed by atoms with van der Waals surface area (Å²) < 4.78 is 0. The van der Waals surface area contributed by atoms with Crippen molar-refractivity contribution in [2.24, 2.45) is 11.7 Å². The van der Waals surface area contributed by atoms with E-state index in [1.54, 1.807) is 13.8 Å². The third kappa shape index (κ3) is 7.19. The average molecular weight is 448 g/mol. The van der Waals surface area contributed by atoms with Crippen molar-refractivity contribution in [3.63, 3.8) is 0 Å². The minimum atomic E-state index is -1.23. The van der Waals surface area contributed by atoms with Gasteiger partial charge in [-0.3, -0.25) is 14.4 Å². The number of carbonyl (C=O) groups excluding carboxylic acids is 3. The Balaban J connectivity index is 2.10. The molecule has 0 aromatic carbocycles. The highest BCUT2D eigenvalue weighted by molar-refractivity contribution is 5.93. The highest BCUT2D eigenvalue weighted by Crippen LogP contribution is 2.07. The van der Waals surface area contributed by atoms with Crippen molar-refractivity contribution >= 4 is 23.7 Å². The summed E-state index contributed by atoms with van der Waals surface area (Å²) in [4.78, 5) is 62.5. The number of aromatic nitrogens is 4. The quantitative estimate of drug-likeness (QED) is 0.194. The van der Waals surface area contributed by atoms with Crippen molar-refractivity contribution < 1.29 is 24.3 Å². The van der Waals surface area contributed by atoms with Crippen LogP contribution in [-0.2, 0) is 32.0 Å². The predicted molar refractivity (Wildman–Crippen MR) is 112 cm³/mol. The Bertz CT molecular complexity index is 897. The molecule has 13 nitrogen and oxygen atoms in total. The molecule has 0 bridgehead atoms. The van der Waals surface area contributed by atoms with Crippen LogP contribution in [0.3, 0.4) is 0 Å². The maximum atomic E-state index is 12.9. The van der Waals surface area contributed by atoms with Gasteiger partial charge in [0.1, 0.15) is 18.1 Å². The number of aliphatic carboxylic acids is 1. The van der Waals surface area contributed by atoms with Gasteiger partial charge in [-0.1, -0.05) is 13.8 Å². The molecular formula is C19H28N8O5. The number of aromatic amines is 2. The maximum Gasteiger partial charge on any atom is 0.326 e. The summed E-state index contributed by atoms with van der Waals surface area (Å²) in [6.45, 7) is 3.10. The van der Waals surface area contributed by atoms with Gasteiger partial charge in [0, 0.05) is 36.6 Å². The second-order valence-electron chi connectivity index (χ2n) is 7.52. The molecule has 0 aliphatic carbocycles. The van der Waals surface area contributed by atoms with Crippen LogP contribution in [0.1, 0.15) is 25.2 Å². The fraction of sp³-hybridized carbons (Fsp3) is 0.474. The Morgan fingerprint density at radius 1 is 0.938 bits per heavy atom. The number of carboxylic acid groups (broad SMARTS) is 1. The van der Waals surface area contributed by atoms with E-state index in [2.05, 4.69) is 35.9 Å². The fourth-order valence-electron chi connectivity index (χ4n) is 2.95. The summed E-state index contributed by atoms with van der Waals surface area (Å²) in [5.74, 6) is -3.41. The first-order valence-electron chi connectivity index (χ1n) is 9.98. The van der Waals surface area contributed by atoms with Crippen LogP contribution in [0.2, 0.25) is 0 Å². The SMILES string of the molecule is CC(C)C(NC(=O)C(Cc1cnc[nH]1)NC(=O)CN)C(=O)NC(Cc1cnc[nH]1)C(=O)O. The van der Waals surface area contributed by atoms with Crippen molar-refractivity contribution in [2.45, 2.75) is 44.8 Å². The zero-order chi connectivity index (χ0) is 23.7. The number of carbonyl (C=O) groups is 4. The number of hydrogen-bond donors (Lipinski definition) is 7. The average Bonchev–Trinajstić information content (AvgIpc) is 3.44. The minimum Gasteiger partial charge on any atom is -0.480 e. The van der Waals surface area contributed by atoms with Crippen molar-refractivity contribution in [3.05, 3.63) is 36.4 Å². The van der Waals surface area contributed by atoms with E-state index in [1.165, 1.54) is 25.0 Å². The summed E-state index contributed by atoms with van der Waals surface area (Å²) in [5, 5.41) is 17.1. The van der Waals surface area contributed by atoms with Crippen LogP contribution in [0.25, 0.3) is 0 Å². The number of nitrogens with two attached hydrogens (primary N) is 1. The predicted octanol–water partition coefficient (Wildman–Crippen LogP) is -1.93. The Labute approximate surface area is 184 Å². The standard InChI is InChI=1S/C19H28N8O5/c1-10(2)16(18(30)26-14(19(31)32)4-12-7-22-9-24-12)27-17(29)13(25-15(28)5-20)3-11-6-21-8-23-11/h6-10,13-14,16H,3-5,20H2,1-2H3,(H,21,23)(H,22,24)(H,25,28)(H,26,30)(H,27,29)(H,31,32). The van der Waals surface area contributed by atoms with E-state index in [1.807, 2.05) is 0 Å². The molecule has 0 radical (unpaired) electrons. The van der Waals surface area contributed by atoms with Crippen molar-refractivity contribution in [2.75, 3.05) is 6.54 Å². The lowest BCUT2D eigenvalue weighted by molar-refractivity contribution is -0.142. The topological polar surface area (TPSA) is 208 Å². The van der Waals surface area contributed by atoms with E-state index in [4.69, 9.17) is 5.73 Å². The lowest BCUT2D eigenvalue weighted by Crippen LogP contribution is -2.58. The second kappa shape index (κ2) is 11.6. The molecule has 13 heteroatoms. The van der Waals surface area contributed by atoms with Gasteiger partial charge < -0.3 is 36.8 Å². The second-order valence-corrected chi connectivity index (χ2v) is 7.52. The van der Waals surface area contributed by atoms with E-state index in [0.717, 1.165) is 0 Å². The van der Waals surface area contributed by atoms with Crippen LogP contribution < -0.4 is 21.7 Å². The first-order chi connectivity index (χ1) is 15.2. The Morgan fingerprint density at radius 2 is 1.50 bits per heavy atom. The van der Waals surface area contributed by atoms with Crippen LogP contribution in [-0.4, -0.2) is 73.4 Å². The number of rotatable bonds is 12. The van der Waals surface area contributed by atoms with Crippen LogP contribution >= 0.6 is 0 Å². The number of imidazole rings is 2. The van der Waals surface area contributed by atoms with Crippen molar-refractivity contribution in [3.8, 4) is 0 Å². The number of nitrogens with one attached hydrogen (secondary N) is 5. The monoisotopic (exact) mass is 448 g/mol. The molecule has 0 aliphatic rings. The molecule has 0 saturated carbocycles. The highest BCUT2D eigenvalue weighted by Gasteiger charge is 2.31. The zero-order valence-corrected chi connectivity index (χ0v) is 17.8. The van der Waals surface area contributed by atoms with Crippen LogP contribution in [0.5, 0.6) is 0 Å². The Morgan fingerprint density at radius 3 is 1.94 bits per heavy atom. The molecule has 2 aromatic rings. The van der Waals surface area contributed by atoms with E-state index in [9.17, 15) is 24.3 Å². The molecule has 3 amide bonds. The van der Waals surface area contributed by atoms with E-state index >= 15 is 0 Å². The maximum absolute atomic E-state index is 12.9. The molecule has 0 saturated heterocycles. The van der Waals surface area contributed by atoms with Gasteiger partial charge in [-0.2, -0.15) is 0 Å². The smallest absolute Gasteiger partial charge is 0.326 e. The number of carboxylic acids is 1. The van der Waals surface area contributed by atoms with Gasteiger partial charge in [0.05, 0.1) is 19.2 Å². The lowest BCUT2D eigenvalue weighted by Gasteiger charge is -2.26. The van der Waals surface area contributed by atoms with Crippen LogP contribution in [0, 0.1) is 5.92 Å². The van der Waals surface area contributed by atoms with E-state index in [0.29, 0.717) is 11.4 Å². The number of H-pyrrole nitrogens is 2. The molecule has 2 heterocycles. The third-order valence-corrected chi connectivity index (χ3v) is 4.66. The zero-order valence-electron chi connectivity index (χ0n) is 17.8. The molecule has 2 aromatic heterocycles. The normalized spacial score (nSPS) is 13.8. The first-order valence-corrected chi connectivity index (χ1v) is 9.98. The third-order valence-electron chi connectivity index (χ3n) is 4.66. The van der Waals surface area contributed by atoms with Gasteiger partial charge in [-0.15, -0.1) is 0 Å². The fourth-order valence-corrected chi connectivity index (χ4v) is 2.95. The number of hydrogen-bond acceptors (Lipinski definition) is 7. The molecular weight excluding hydrogens is 420 g/mol. The van der Waals surface area contributed by atoms with Crippen LogP contribution in [0.15, 0.2) is 25.0 Å². The Kier molecular flexibility index (Phi) is 8.89. The molecule has 32 heavy (non-hydrogen) atoms. The van der Waals surface area contributed by atoms with Gasteiger partial charge in [0.15, 0.2) is 0 Å². The molecule has 0 fully saturated rings. The van der Waals surface area contributed by atoms with Crippen LogP contribution in [0.4, 0.5) is 0 Å². The van der Waals surface area contributed by atoms with Gasteiger partial charge in [-0.05, 0) is 5.92 Å². The van der Waals surface area contributed by atoms with Gasteiger partial charge in [-0.25, -0.2) is 14.8 Å². The van der Waals surface area contributed by atoms with Crippen molar-refractivity contribution in [1.29, 1.82) is 0 Å². The number of nitrogens with zero attached hydrogens (tertiary/aromatic N) is 2. The van der Waals surface area contributed by atoms with Gasteiger partial charge in [0.25, 0.3) is 0 Å². The minimum absolute atomic E-state index is 0.00512. The molecule has 0 aliphatic heterocycles. The number of amides is 3. The largest absolute Gasteiger partial charge is 0.480 e.